The largest absolute Gasteiger partial charge is 0.481 e. The van der Waals surface area contributed by atoms with Crippen LogP contribution >= 0.6 is 15.9 Å². The normalized spacial score (nSPS) is 20.2. The molecular formula is C19H18BrNO3. The summed E-state index contributed by atoms with van der Waals surface area (Å²) in [4.78, 5) is 26.1. The van der Waals surface area contributed by atoms with Gasteiger partial charge < -0.3 is 10.0 Å². The van der Waals surface area contributed by atoms with Crippen molar-refractivity contribution in [3.05, 3.63) is 69.7 Å². The lowest BCUT2D eigenvalue weighted by molar-refractivity contribution is -0.141. The number of carboxylic acid groups (broad SMARTS) is 1. The molecule has 2 aromatic rings. The van der Waals surface area contributed by atoms with Crippen molar-refractivity contribution in [1.29, 1.82) is 0 Å². The Balaban J connectivity index is 1.87. The van der Waals surface area contributed by atoms with E-state index < -0.39 is 11.9 Å². The van der Waals surface area contributed by atoms with Crippen LogP contribution in [0.2, 0.25) is 0 Å². The summed E-state index contributed by atoms with van der Waals surface area (Å²) in [6.07, 6.45) is 0. The summed E-state index contributed by atoms with van der Waals surface area (Å²) in [5.74, 6) is -1.76. The Morgan fingerprint density at radius 2 is 1.83 bits per heavy atom. The van der Waals surface area contributed by atoms with Crippen LogP contribution in [0.4, 0.5) is 0 Å². The summed E-state index contributed by atoms with van der Waals surface area (Å²) in [6, 6.07) is 15.1. The zero-order chi connectivity index (χ0) is 17.3. The number of benzene rings is 2. The fraction of sp³-hybridized carbons (Fsp3) is 0.263. The van der Waals surface area contributed by atoms with Crippen molar-refractivity contribution in [3.63, 3.8) is 0 Å². The van der Waals surface area contributed by atoms with Crippen LogP contribution < -0.4 is 0 Å². The number of hydrogen-bond acceptors (Lipinski definition) is 2. The van der Waals surface area contributed by atoms with E-state index in [2.05, 4.69) is 15.9 Å². The maximum absolute atomic E-state index is 12.8. The van der Waals surface area contributed by atoms with Crippen LogP contribution in [0.5, 0.6) is 0 Å². The summed E-state index contributed by atoms with van der Waals surface area (Å²) in [7, 11) is 0. The smallest absolute Gasteiger partial charge is 0.308 e. The lowest BCUT2D eigenvalue weighted by Gasteiger charge is -2.17. The highest BCUT2D eigenvalue weighted by molar-refractivity contribution is 9.10. The molecule has 1 heterocycles. The average molecular weight is 388 g/mol. The number of amides is 1. The molecule has 3 rings (SSSR count). The van der Waals surface area contributed by atoms with Crippen molar-refractivity contribution in [3.8, 4) is 0 Å². The first kappa shape index (κ1) is 16.7. The second kappa shape index (κ2) is 6.77. The van der Waals surface area contributed by atoms with Gasteiger partial charge in [0.2, 0.25) is 0 Å². The van der Waals surface area contributed by atoms with Crippen molar-refractivity contribution in [2.24, 2.45) is 5.92 Å². The molecule has 5 heteroatoms. The molecule has 1 aliphatic rings. The number of aryl methyl sites for hydroxylation is 1. The van der Waals surface area contributed by atoms with Crippen LogP contribution in [-0.2, 0) is 4.79 Å². The van der Waals surface area contributed by atoms with E-state index in [1.54, 1.807) is 11.0 Å². The van der Waals surface area contributed by atoms with Gasteiger partial charge in [-0.1, -0.05) is 36.4 Å². The molecular weight excluding hydrogens is 370 g/mol. The molecule has 24 heavy (non-hydrogen) atoms. The first-order valence-electron chi connectivity index (χ1n) is 7.80. The first-order chi connectivity index (χ1) is 11.5. The zero-order valence-corrected chi connectivity index (χ0v) is 14.9. The molecule has 0 radical (unpaired) electrons. The van der Waals surface area contributed by atoms with Gasteiger partial charge in [-0.2, -0.15) is 0 Å². The third-order valence-corrected chi connectivity index (χ3v) is 5.16. The molecule has 2 atom stereocenters. The first-order valence-corrected chi connectivity index (χ1v) is 8.60. The number of hydrogen-bond donors (Lipinski definition) is 1. The number of carboxylic acids is 1. The van der Waals surface area contributed by atoms with E-state index in [1.807, 2.05) is 49.4 Å². The van der Waals surface area contributed by atoms with Gasteiger partial charge in [-0.3, -0.25) is 9.59 Å². The van der Waals surface area contributed by atoms with E-state index in [4.69, 9.17) is 0 Å². The number of rotatable bonds is 3. The fourth-order valence-corrected chi connectivity index (χ4v) is 3.88. The molecule has 124 valence electrons. The Hall–Kier alpha value is -2.14. The zero-order valence-electron chi connectivity index (χ0n) is 13.3. The van der Waals surface area contributed by atoms with E-state index in [0.29, 0.717) is 12.1 Å². The average Bonchev–Trinajstić information content (AvgIpc) is 3.01. The molecule has 0 unspecified atom stereocenters. The molecule has 1 fully saturated rings. The van der Waals surface area contributed by atoms with Gasteiger partial charge in [-0.25, -0.2) is 0 Å². The van der Waals surface area contributed by atoms with E-state index in [9.17, 15) is 14.7 Å². The fourth-order valence-electron chi connectivity index (χ4n) is 3.22. The SMILES string of the molecule is Cc1ccc(C(=O)N2C[C@H](C(=O)O)[C@H](c3ccccc3)C2)c(Br)c1. The van der Waals surface area contributed by atoms with Crippen LogP contribution in [0.25, 0.3) is 0 Å². The predicted molar refractivity (Wildman–Crippen MR) is 95.1 cm³/mol. The number of halogens is 1. The third kappa shape index (κ3) is 3.22. The third-order valence-electron chi connectivity index (χ3n) is 4.51. The van der Waals surface area contributed by atoms with Crippen LogP contribution in [0, 0.1) is 12.8 Å². The molecule has 0 bridgehead atoms. The quantitative estimate of drug-likeness (QED) is 0.873. The highest BCUT2D eigenvalue weighted by Crippen LogP contribution is 2.34. The van der Waals surface area contributed by atoms with Crippen LogP contribution in [0.1, 0.15) is 27.4 Å². The number of nitrogens with zero attached hydrogens (tertiary/aromatic N) is 1. The molecule has 0 aromatic heterocycles. The second-order valence-corrected chi connectivity index (χ2v) is 7.01. The van der Waals surface area contributed by atoms with Crippen molar-refractivity contribution < 1.29 is 14.7 Å². The lowest BCUT2D eigenvalue weighted by Crippen LogP contribution is -2.30. The van der Waals surface area contributed by atoms with Crippen molar-refractivity contribution in [2.75, 3.05) is 13.1 Å². The molecule has 2 aromatic carbocycles. The molecule has 4 nitrogen and oxygen atoms in total. The minimum atomic E-state index is -0.859. The Morgan fingerprint density at radius 3 is 2.46 bits per heavy atom. The predicted octanol–water partition coefficient (Wildman–Crippen LogP) is 3.70. The second-order valence-electron chi connectivity index (χ2n) is 6.16. The molecule has 1 N–H and O–H groups in total. The van der Waals surface area contributed by atoms with Crippen LogP contribution in [-0.4, -0.2) is 35.0 Å². The van der Waals surface area contributed by atoms with Gasteiger partial charge in [-0.15, -0.1) is 0 Å². The summed E-state index contributed by atoms with van der Waals surface area (Å²) in [5.41, 5.74) is 2.59. The van der Waals surface area contributed by atoms with Crippen molar-refractivity contribution in [2.45, 2.75) is 12.8 Å². The van der Waals surface area contributed by atoms with Gasteiger partial charge in [0.25, 0.3) is 5.91 Å². The van der Waals surface area contributed by atoms with Gasteiger partial charge >= 0.3 is 5.97 Å². The molecule has 0 saturated carbocycles. The summed E-state index contributed by atoms with van der Waals surface area (Å²) in [5, 5.41) is 9.56. The Kier molecular flexibility index (Phi) is 4.71. The van der Waals surface area contributed by atoms with Gasteiger partial charge in [0.05, 0.1) is 11.5 Å². The van der Waals surface area contributed by atoms with Crippen LogP contribution in [0.3, 0.4) is 0 Å². The molecule has 0 spiro atoms. The number of carbonyl (C=O) groups excluding carboxylic acids is 1. The van der Waals surface area contributed by atoms with Crippen molar-refractivity contribution >= 4 is 27.8 Å². The van der Waals surface area contributed by atoms with E-state index in [1.165, 1.54) is 0 Å². The highest BCUT2D eigenvalue weighted by atomic mass is 79.9. The molecule has 1 amide bonds. The summed E-state index contributed by atoms with van der Waals surface area (Å²) >= 11 is 3.44. The van der Waals surface area contributed by atoms with E-state index in [0.717, 1.165) is 15.6 Å². The van der Waals surface area contributed by atoms with Crippen LogP contribution in [0.15, 0.2) is 53.0 Å². The number of carbonyl (C=O) groups is 2. The summed E-state index contributed by atoms with van der Waals surface area (Å²) in [6.45, 7) is 2.61. The van der Waals surface area contributed by atoms with Gasteiger partial charge in [0.1, 0.15) is 0 Å². The van der Waals surface area contributed by atoms with Gasteiger partial charge in [0.15, 0.2) is 0 Å². The topological polar surface area (TPSA) is 57.6 Å². The van der Waals surface area contributed by atoms with Gasteiger partial charge in [0, 0.05) is 23.5 Å². The van der Waals surface area contributed by atoms with Crippen molar-refractivity contribution in [1.82, 2.24) is 4.90 Å². The Bertz CT molecular complexity index is 775. The van der Waals surface area contributed by atoms with E-state index >= 15 is 0 Å². The van der Waals surface area contributed by atoms with E-state index in [-0.39, 0.29) is 18.4 Å². The lowest BCUT2D eigenvalue weighted by atomic mass is 9.89. The number of aliphatic carboxylic acids is 1. The molecule has 0 aliphatic carbocycles. The monoisotopic (exact) mass is 387 g/mol. The Labute approximate surface area is 149 Å². The van der Waals surface area contributed by atoms with Gasteiger partial charge in [-0.05, 0) is 46.1 Å². The molecule has 1 saturated heterocycles. The minimum Gasteiger partial charge on any atom is -0.481 e. The minimum absolute atomic E-state index is 0.133. The highest BCUT2D eigenvalue weighted by Gasteiger charge is 2.40. The molecule has 1 aliphatic heterocycles. The maximum atomic E-state index is 12.8. The Morgan fingerprint density at radius 1 is 1.12 bits per heavy atom. The summed E-state index contributed by atoms with van der Waals surface area (Å²) < 4.78 is 0.738. The maximum Gasteiger partial charge on any atom is 0.308 e. The standard InChI is InChI=1S/C19H18BrNO3/c1-12-7-8-14(17(20)9-12)18(22)21-10-15(16(11-21)19(23)24)13-5-3-2-4-6-13/h2-9,15-16H,10-11H2,1H3,(H,23,24)/t15-,16-/m0/s1. The number of likely N-dealkylation sites (tertiary alicyclic amines) is 1.